The van der Waals surface area contributed by atoms with Crippen LogP contribution in [0.25, 0.3) is 11.1 Å². The van der Waals surface area contributed by atoms with Gasteiger partial charge in [-0.15, -0.1) is 0 Å². The van der Waals surface area contributed by atoms with Crippen molar-refractivity contribution in [2.75, 3.05) is 0 Å². The Morgan fingerprint density at radius 1 is 0.750 bits per heavy atom. The Hall–Kier alpha value is -1.45. The maximum atomic E-state index is 8.88. The summed E-state index contributed by atoms with van der Waals surface area (Å²) in [6.45, 7) is 6.52. The first-order valence-corrected chi connectivity index (χ1v) is 7.67. The summed E-state index contributed by atoms with van der Waals surface area (Å²) >= 11 is 0. The molecule has 0 radical (unpaired) electrons. The van der Waals surface area contributed by atoms with Gasteiger partial charge in [0, 0.05) is 0 Å². The standard InChI is InChI=1S/C15H16.H3O4P/c1-11-8-6-10-15(13(11)3)14-9-5-4-7-12(14)2;1-5(2,3)4/h4-10H,1-3H3;(H3,1,2,3,4). The number of phosphoric acid groups is 1. The first kappa shape index (κ1) is 16.6. The molecule has 2 aromatic carbocycles. The van der Waals surface area contributed by atoms with Gasteiger partial charge in [-0.25, -0.2) is 4.57 Å². The van der Waals surface area contributed by atoms with Crippen LogP contribution in [-0.2, 0) is 4.57 Å². The fraction of sp³-hybridized carbons (Fsp3) is 0.200. The van der Waals surface area contributed by atoms with Gasteiger partial charge in [0.25, 0.3) is 0 Å². The number of hydrogen-bond donors (Lipinski definition) is 3. The van der Waals surface area contributed by atoms with E-state index in [4.69, 9.17) is 19.2 Å². The average Bonchev–Trinajstić information content (AvgIpc) is 2.32. The van der Waals surface area contributed by atoms with Gasteiger partial charge in [-0.2, -0.15) is 0 Å². The third-order valence-corrected chi connectivity index (χ3v) is 3.04. The van der Waals surface area contributed by atoms with Crippen molar-refractivity contribution in [2.45, 2.75) is 20.8 Å². The minimum atomic E-state index is -4.64. The Morgan fingerprint density at radius 3 is 1.75 bits per heavy atom. The number of benzene rings is 2. The van der Waals surface area contributed by atoms with E-state index in [1.807, 2.05) is 0 Å². The largest absolute Gasteiger partial charge is 0.466 e. The average molecular weight is 294 g/mol. The highest BCUT2D eigenvalue weighted by Crippen LogP contribution is 2.27. The van der Waals surface area contributed by atoms with Crippen molar-refractivity contribution in [3.8, 4) is 11.1 Å². The molecule has 20 heavy (non-hydrogen) atoms. The number of rotatable bonds is 1. The Kier molecular flexibility index (Phi) is 5.66. The van der Waals surface area contributed by atoms with Crippen molar-refractivity contribution in [3.05, 3.63) is 59.2 Å². The van der Waals surface area contributed by atoms with Crippen molar-refractivity contribution >= 4 is 7.82 Å². The summed E-state index contributed by atoms with van der Waals surface area (Å²) in [6.07, 6.45) is 0. The van der Waals surface area contributed by atoms with Crippen LogP contribution in [0.15, 0.2) is 42.5 Å². The fourth-order valence-electron chi connectivity index (χ4n) is 1.92. The lowest BCUT2D eigenvalue weighted by Gasteiger charge is -2.10. The molecule has 2 aromatic rings. The second-order valence-electron chi connectivity index (χ2n) is 4.58. The summed E-state index contributed by atoms with van der Waals surface area (Å²) in [5.41, 5.74) is 6.78. The molecule has 0 saturated carbocycles. The van der Waals surface area contributed by atoms with Gasteiger partial charge in [0.1, 0.15) is 0 Å². The highest BCUT2D eigenvalue weighted by molar-refractivity contribution is 7.45. The van der Waals surface area contributed by atoms with Crippen LogP contribution >= 0.6 is 7.82 Å². The van der Waals surface area contributed by atoms with Crippen molar-refractivity contribution in [1.29, 1.82) is 0 Å². The molecule has 0 fully saturated rings. The predicted octanol–water partition coefficient (Wildman–Crippen LogP) is 3.35. The first-order chi connectivity index (χ1) is 9.20. The molecular weight excluding hydrogens is 275 g/mol. The zero-order chi connectivity index (χ0) is 15.3. The van der Waals surface area contributed by atoms with Crippen molar-refractivity contribution < 1.29 is 19.2 Å². The van der Waals surface area contributed by atoms with Gasteiger partial charge in [-0.1, -0.05) is 42.5 Å². The fourth-order valence-corrected chi connectivity index (χ4v) is 1.92. The molecule has 108 valence electrons. The third kappa shape index (κ3) is 5.27. The van der Waals surface area contributed by atoms with Crippen LogP contribution in [0.5, 0.6) is 0 Å². The van der Waals surface area contributed by atoms with Crippen LogP contribution in [0.4, 0.5) is 0 Å². The molecule has 2 rings (SSSR count). The summed E-state index contributed by atoms with van der Waals surface area (Å²) in [5, 5.41) is 0. The Morgan fingerprint density at radius 2 is 1.20 bits per heavy atom. The first-order valence-electron chi connectivity index (χ1n) is 6.10. The van der Waals surface area contributed by atoms with Gasteiger partial charge in [0.2, 0.25) is 0 Å². The molecule has 0 aliphatic heterocycles. The second-order valence-corrected chi connectivity index (χ2v) is 5.60. The second kappa shape index (κ2) is 6.82. The van der Waals surface area contributed by atoms with E-state index >= 15 is 0 Å². The van der Waals surface area contributed by atoms with Crippen LogP contribution in [-0.4, -0.2) is 14.7 Å². The summed E-state index contributed by atoms with van der Waals surface area (Å²) < 4.78 is 8.88. The molecule has 0 aliphatic carbocycles. The van der Waals surface area contributed by atoms with E-state index < -0.39 is 7.82 Å². The van der Waals surface area contributed by atoms with Gasteiger partial charge in [-0.3, -0.25) is 0 Å². The zero-order valence-corrected chi connectivity index (χ0v) is 12.6. The van der Waals surface area contributed by atoms with Crippen molar-refractivity contribution in [1.82, 2.24) is 0 Å². The maximum absolute atomic E-state index is 8.88. The van der Waals surface area contributed by atoms with Crippen LogP contribution in [0, 0.1) is 20.8 Å². The van der Waals surface area contributed by atoms with E-state index in [1.54, 1.807) is 0 Å². The van der Waals surface area contributed by atoms with Gasteiger partial charge in [0.05, 0.1) is 0 Å². The Balaban J connectivity index is 0.000000347. The molecule has 0 amide bonds. The molecule has 0 aliphatic rings. The van der Waals surface area contributed by atoms with E-state index in [1.165, 1.54) is 27.8 Å². The van der Waals surface area contributed by atoms with E-state index in [0.29, 0.717) is 0 Å². The van der Waals surface area contributed by atoms with Crippen LogP contribution < -0.4 is 0 Å². The summed E-state index contributed by atoms with van der Waals surface area (Å²) in [5.74, 6) is 0. The summed E-state index contributed by atoms with van der Waals surface area (Å²) in [6, 6.07) is 15.0. The lowest BCUT2D eigenvalue weighted by Crippen LogP contribution is -1.88. The third-order valence-electron chi connectivity index (χ3n) is 3.04. The summed E-state index contributed by atoms with van der Waals surface area (Å²) in [7, 11) is -4.64. The molecule has 3 N–H and O–H groups in total. The minimum Gasteiger partial charge on any atom is -0.303 e. The lowest BCUT2D eigenvalue weighted by atomic mass is 9.94. The Labute approximate surface area is 119 Å². The van der Waals surface area contributed by atoms with Gasteiger partial charge >= 0.3 is 7.82 Å². The smallest absolute Gasteiger partial charge is 0.303 e. The zero-order valence-electron chi connectivity index (χ0n) is 11.7. The minimum absolute atomic E-state index is 1.34. The van der Waals surface area contributed by atoms with Crippen LogP contribution in [0.1, 0.15) is 16.7 Å². The maximum Gasteiger partial charge on any atom is 0.466 e. The van der Waals surface area contributed by atoms with Crippen molar-refractivity contribution in [2.24, 2.45) is 0 Å². The molecule has 0 heterocycles. The lowest BCUT2D eigenvalue weighted by molar-refractivity contribution is 0.275. The molecule has 0 atom stereocenters. The van der Waals surface area contributed by atoms with Crippen LogP contribution in [0.2, 0.25) is 0 Å². The highest BCUT2D eigenvalue weighted by atomic mass is 31.2. The molecule has 0 aromatic heterocycles. The molecule has 5 heteroatoms. The molecular formula is C15H19O4P. The SMILES string of the molecule is Cc1ccccc1-c1cccc(C)c1C.O=P(O)(O)O. The quantitative estimate of drug-likeness (QED) is 0.705. The predicted molar refractivity (Wildman–Crippen MR) is 80.4 cm³/mol. The van der Waals surface area contributed by atoms with Gasteiger partial charge in [0.15, 0.2) is 0 Å². The normalized spacial score (nSPS) is 10.7. The van der Waals surface area contributed by atoms with E-state index in [0.717, 1.165) is 0 Å². The number of aryl methyl sites for hydroxylation is 2. The van der Waals surface area contributed by atoms with Gasteiger partial charge in [-0.05, 0) is 48.6 Å². The molecule has 4 nitrogen and oxygen atoms in total. The van der Waals surface area contributed by atoms with E-state index in [2.05, 4.69) is 63.2 Å². The topological polar surface area (TPSA) is 77.8 Å². The Bertz CT molecular complexity index is 623. The van der Waals surface area contributed by atoms with Gasteiger partial charge < -0.3 is 14.7 Å². The van der Waals surface area contributed by atoms with Crippen LogP contribution in [0.3, 0.4) is 0 Å². The highest BCUT2D eigenvalue weighted by Gasteiger charge is 2.05. The molecule has 0 bridgehead atoms. The van der Waals surface area contributed by atoms with E-state index in [9.17, 15) is 0 Å². The van der Waals surface area contributed by atoms with E-state index in [-0.39, 0.29) is 0 Å². The monoisotopic (exact) mass is 294 g/mol. The molecule has 0 saturated heterocycles. The molecule has 0 unspecified atom stereocenters. The van der Waals surface area contributed by atoms with Crippen molar-refractivity contribution in [3.63, 3.8) is 0 Å². The number of hydrogen-bond acceptors (Lipinski definition) is 1. The summed E-state index contributed by atoms with van der Waals surface area (Å²) in [4.78, 5) is 21.6. The molecule has 0 spiro atoms.